The third-order valence-electron chi connectivity index (χ3n) is 3.91. The lowest BCUT2D eigenvalue weighted by molar-refractivity contribution is 0.323. The fourth-order valence-corrected chi connectivity index (χ4v) is 3.01. The van der Waals surface area contributed by atoms with E-state index in [1.807, 2.05) is 13.8 Å². The molecule has 0 bridgehead atoms. The minimum absolute atomic E-state index is 0. The molecule has 0 radical (unpaired) electrons. The van der Waals surface area contributed by atoms with Gasteiger partial charge in [-0.2, -0.15) is 0 Å². The van der Waals surface area contributed by atoms with Gasteiger partial charge in [0.05, 0.1) is 0 Å². The second-order valence-corrected chi connectivity index (χ2v) is 5.41. The maximum absolute atomic E-state index is 3.61. The number of nitrogens with one attached hydrogen (secondary N) is 1. The molecule has 0 amide bonds. The summed E-state index contributed by atoms with van der Waals surface area (Å²) >= 11 is 0. The second-order valence-electron chi connectivity index (χ2n) is 5.41. The standard InChI is InChI=1S/C14H23N.C2H6.H2/c1-4-15-13-9-10-14(2,3)12-8-6-5-7-11(12)13;1-2;/h5,7,13,15H,4,6,8-10H2,1-3H3;1-2H3;1H. The van der Waals surface area contributed by atoms with Gasteiger partial charge in [0.1, 0.15) is 0 Å². The Balaban J connectivity index is 0.000000917. The highest BCUT2D eigenvalue weighted by Crippen LogP contribution is 2.44. The fourth-order valence-electron chi connectivity index (χ4n) is 3.01. The molecule has 0 aromatic heterocycles. The lowest BCUT2D eigenvalue weighted by Crippen LogP contribution is -2.38. The first kappa shape index (κ1) is 14.5. The molecule has 0 heterocycles. The van der Waals surface area contributed by atoms with Crippen molar-refractivity contribution in [1.29, 1.82) is 0 Å². The van der Waals surface area contributed by atoms with Crippen LogP contribution in [0.25, 0.3) is 0 Å². The molecule has 17 heavy (non-hydrogen) atoms. The van der Waals surface area contributed by atoms with E-state index in [-0.39, 0.29) is 1.43 Å². The van der Waals surface area contributed by atoms with Gasteiger partial charge in [-0.15, -0.1) is 0 Å². The van der Waals surface area contributed by atoms with E-state index in [4.69, 9.17) is 0 Å². The molecule has 0 fully saturated rings. The van der Waals surface area contributed by atoms with E-state index >= 15 is 0 Å². The SMILES string of the molecule is CC.CCNC1CCC(C)(C)C2=C1C=CCC2.[HH]. The maximum atomic E-state index is 3.61. The summed E-state index contributed by atoms with van der Waals surface area (Å²) in [7, 11) is 0. The van der Waals surface area contributed by atoms with Crippen LogP contribution < -0.4 is 5.32 Å². The van der Waals surface area contributed by atoms with Gasteiger partial charge < -0.3 is 5.32 Å². The molecular weight excluding hydrogens is 206 g/mol. The van der Waals surface area contributed by atoms with Crippen molar-refractivity contribution in [2.75, 3.05) is 6.54 Å². The van der Waals surface area contributed by atoms with Crippen molar-refractivity contribution in [3.8, 4) is 0 Å². The summed E-state index contributed by atoms with van der Waals surface area (Å²) in [5, 5.41) is 3.61. The van der Waals surface area contributed by atoms with Crippen LogP contribution in [0.1, 0.15) is 61.7 Å². The Kier molecular flexibility index (Phi) is 5.45. The van der Waals surface area contributed by atoms with Gasteiger partial charge in [-0.05, 0) is 43.2 Å². The Hall–Kier alpha value is -0.560. The van der Waals surface area contributed by atoms with E-state index in [2.05, 4.69) is 38.2 Å². The van der Waals surface area contributed by atoms with Gasteiger partial charge in [0, 0.05) is 7.47 Å². The predicted octanol–water partition coefficient (Wildman–Crippen LogP) is 4.70. The topological polar surface area (TPSA) is 12.0 Å². The highest BCUT2D eigenvalue weighted by molar-refractivity contribution is 5.39. The molecular formula is C16H31N. The second kappa shape index (κ2) is 6.39. The maximum Gasteiger partial charge on any atom is 0.0320 e. The van der Waals surface area contributed by atoms with Gasteiger partial charge in [-0.25, -0.2) is 0 Å². The molecule has 0 aromatic carbocycles. The van der Waals surface area contributed by atoms with E-state index in [1.165, 1.54) is 25.7 Å². The smallest absolute Gasteiger partial charge is 0.0320 e. The molecule has 1 N–H and O–H groups in total. The minimum atomic E-state index is 0. The van der Waals surface area contributed by atoms with Crippen molar-refractivity contribution in [2.24, 2.45) is 5.41 Å². The quantitative estimate of drug-likeness (QED) is 0.734. The van der Waals surface area contributed by atoms with Crippen LogP contribution in [0.5, 0.6) is 0 Å². The molecule has 2 aliphatic rings. The Morgan fingerprint density at radius 2 is 2.12 bits per heavy atom. The Bertz CT molecular complexity index is 302. The van der Waals surface area contributed by atoms with Gasteiger partial charge in [-0.3, -0.25) is 0 Å². The first-order valence-corrected chi connectivity index (χ1v) is 7.28. The molecule has 1 nitrogen and oxygen atoms in total. The summed E-state index contributed by atoms with van der Waals surface area (Å²) in [5.41, 5.74) is 3.74. The van der Waals surface area contributed by atoms with Crippen LogP contribution in [0, 0.1) is 5.41 Å². The van der Waals surface area contributed by atoms with Crippen LogP contribution in [0.15, 0.2) is 23.3 Å². The van der Waals surface area contributed by atoms with Gasteiger partial charge in [0.2, 0.25) is 0 Å². The third kappa shape index (κ3) is 3.22. The predicted molar refractivity (Wildman–Crippen MR) is 79.3 cm³/mol. The number of likely N-dealkylation sites (N-methyl/N-ethyl adjacent to an activating group) is 1. The van der Waals surface area contributed by atoms with Gasteiger partial charge in [0.15, 0.2) is 0 Å². The van der Waals surface area contributed by atoms with Gasteiger partial charge in [0.25, 0.3) is 0 Å². The highest BCUT2D eigenvalue weighted by Gasteiger charge is 2.33. The molecule has 2 aliphatic carbocycles. The molecule has 1 unspecified atom stereocenters. The lowest BCUT2D eigenvalue weighted by atomic mass is 9.68. The van der Waals surface area contributed by atoms with Crippen LogP contribution in [0.4, 0.5) is 0 Å². The first-order chi connectivity index (χ1) is 8.15. The van der Waals surface area contributed by atoms with Crippen LogP contribution >= 0.6 is 0 Å². The normalized spacial score (nSPS) is 26.1. The summed E-state index contributed by atoms with van der Waals surface area (Å²) in [5.74, 6) is 0. The number of hydrogen-bond acceptors (Lipinski definition) is 1. The molecule has 0 aromatic rings. The lowest BCUT2D eigenvalue weighted by Gasteiger charge is -2.40. The molecule has 100 valence electrons. The largest absolute Gasteiger partial charge is 0.310 e. The summed E-state index contributed by atoms with van der Waals surface area (Å²) in [4.78, 5) is 0. The van der Waals surface area contributed by atoms with Crippen LogP contribution in [0.2, 0.25) is 0 Å². The molecule has 2 rings (SSSR count). The fraction of sp³-hybridized carbons (Fsp3) is 0.750. The average molecular weight is 237 g/mol. The van der Waals surface area contributed by atoms with Crippen molar-refractivity contribution in [1.82, 2.24) is 5.32 Å². The Morgan fingerprint density at radius 1 is 1.41 bits per heavy atom. The summed E-state index contributed by atoms with van der Waals surface area (Å²) in [6.07, 6.45) is 9.85. The van der Waals surface area contributed by atoms with E-state index in [0.717, 1.165) is 6.54 Å². The molecule has 0 saturated carbocycles. The first-order valence-electron chi connectivity index (χ1n) is 7.28. The molecule has 1 heteroatoms. The summed E-state index contributed by atoms with van der Waals surface area (Å²) in [6.45, 7) is 12.1. The number of allylic oxidation sites excluding steroid dienone is 2. The van der Waals surface area contributed by atoms with Crippen molar-refractivity contribution in [3.05, 3.63) is 23.3 Å². The minimum Gasteiger partial charge on any atom is -0.310 e. The van der Waals surface area contributed by atoms with Crippen LogP contribution in [-0.2, 0) is 0 Å². The summed E-state index contributed by atoms with van der Waals surface area (Å²) < 4.78 is 0. The zero-order valence-electron chi connectivity index (χ0n) is 12.3. The Labute approximate surface area is 109 Å². The van der Waals surface area contributed by atoms with Crippen molar-refractivity contribution in [3.63, 3.8) is 0 Å². The Morgan fingerprint density at radius 3 is 2.76 bits per heavy atom. The van der Waals surface area contributed by atoms with E-state index in [0.29, 0.717) is 11.5 Å². The zero-order valence-corrected chi connectivity index (χ0v) is 12.3. The monoisotopic (exact) mass is 237 g/mol. The average Bonchev–Trinajstić information content (AvgIpc) is 2.36. The number of rotatable bonds is 2. The zero-order chi connectivity index (χ0) is 12.9. The van der Waals surface area contributed by atoms with Crippen LogP contribution in [0.3, 0.4) is 0 Å². The molecule has 1 atom stereocenters. The third-order valence-corrected chi connectivity index (χ3v) is 3.91. The summed E-state index contributed by atoms with van der Waals surface area (Å²) in [6, 6.07) is 0.620. The molecule has 0 saturated heterocycles. The molecule has 0 spiro atoms. The highest BCUT2D eigenvalue weighted by atomic mass is 14.9. The van der Waals surface area contributed by atoms with E-state index in [9.17, 15) is 0 Å². The van der Waals surface area contributed by atoms with Gasteiger partial charge in [-0.1, -0.05) is 52.3 Å². The van der Waals surface area contributed by atoms with Gasteiger partial charge >= 0.3 is 0 Å². The van der Waals surface area contributed by atoms with E-state index in [1.54, 1.807) is 11.1 Å². The van der Waals surface area contributed by atoms with Crippen molar-refractivity contribution in [2.45, 2.75) is 66.3 Å². The molecule has 0 aliphatic heterocycles. The van der Waals surface area contributed by atoms with Crippen molar-refractivity contribution < 1.29 is 1.43 Å². The van der Waals surface area contributed by atoms with Crippen LogP contribution in [-0.4, -0.2) is 12.6 Å². The number of hydrogen-bond donors (Lipinski definition) is 1. The van der Waals surface area contributed by atoms with E-state index < -0.39 is 0 Å². The van der Waals surface area contributed by atoms with Crippen molar-refractivity contribution >= 4 is 0 Å².